The van der Waals surface area contributed by atoms with Crippen LogP contribution in [0.4, 0.5) is 8.78 Å². The maximum absolute atomic E-state index is 15.1. The summed E-state index contributed by atoms with van der Waals surface area (Å²) in [5.41, 5.74) is 2.20. The van der Waals surface area contributed by atoms with Gasteiger partial charge >= 0.3 is 5.97 Å². The Labute approximate surface area is 202 Å². The van der Waals surface area contributed by atoms with Gasteiger partial charge in [0.15, 0.2) is 17.4 Å². The summed E-state index contributed by atoms with van der Waals surface area (Å²) in [7, 11) is -2.55. The van der Waals surface area contributed by atoms with Crippen LogP contribution in [0.5, 0.6) is 5.75 Å². The van der Waals surface area contributed by atoms with Gasteiger partial charge in [-0.05, 0) is 71.3 Å². The second-order valence-electron chi connectivity index (χ2n) is 9.89. The molecule has 0 aromatic heterocycles. The molecule has 0 saturated heterocycles. The van der Waals surface area contributed by atoms with Crippen LogP contribution in [-0.2, 0) is 17.6 Å². The van der Waals surface area contributed by atoms with Gasteiger partial charge < -0.3 is 9.53 Å². The number of halogens is 2. The standard InChI is InChI=1S/C27H35F2NO3Si/c1-17(2)34(18(3)4,19(5)6)33-26-24(28)14-22(15-25(26)29)13-23(27(31)32)12-11-20-7-9-21(16-30)10-8-20/h7-10,14-15,17-19,23H,11-13H2,1-6H3,(H,31,32). The second kappa shape index (κ2) is 11.6. The molecule has 0 aliphatic heterocycles. The van der Waals surface area contributed by atoms with Gasteiger partial charge in [-0.2, -0.15) is 5.26 Å². The van der Waals surface area contributed by atoms with Gasteiger partial charge in [-0.3, -0.25) is 4.79 Å². The number of aryl methyl sites for hydroxylation is 1. The Morgan fingerprint density at radius 3 is 1.88 bits per heavy atom. The number of nitrogens with zero attached hydrogens (tertiary/aromatic N) is 1. The molecule has 2 aromatic rings. The predicted octanol–water partition coefficient (Wildman–Crippen LogP) is 7.27. The summed E-state index contributed by atoms with van der Waals surface area (Å²) in [5.74, 6) is -3.73. The van der Waals surface area contributed by atoms with Gasteiger partial charge in [-0.1, -0.05) is 53.7 Å². The van der Waals surface area contributed by atoms with Crippen LogP contribution < -0.4 is 4.43 Å². The number of hydrogen-bond donors (Lipinski definition) is 1. The molecule has 0 radical (unpaired) electrons. The average molecular weight is 488 g/mol. The Hall–Kier alpha value is -2.72. The summed E-state index contributed by atoms with van der Waals surface area (Å²) < 4.78 is 36.4. The van der Waals surface area contributed by atoms with E-state index in [-0.39, 0.29) is 28.8 Å². The molecule has 4 nitrogen and oxygen atoms in total. The van der Waals surface area contributed by atoms with Crippen molar-refractivity contribution in [3.05, 3.63) is 64.7 Å². The van der Waals surface area contributed by atoms with Gasteiger partial charge in [0, 0.05) is 0 Å². The molecule has 0 heterocycles. The molecule has 0 saturated carbocycles. The SMILES string of the molecule is CC(C)[Si](Oc1c(F)cc(CC(CCc2ccc(C#N)cc2)C(=O)O)cc1F)(C(C)C)C(C)C. The van der Waals surface area contributed by atoms with Gasteiger partial charge in [0.25, 0.3) is 8.32 Å². The van der Waals surface area contributed by atoms with E-state index in [1.165, 1.54) is 12.1 Å². The molecule has 184 valence electrons. The second-order valence-corrected chi connectivity index (χ2v) is 15.3. The van der Waals surface area contributed by atoms with Crippen LogP contribution in [0.3, 0.4) is 0 Å². The van der Waals surface area contributed by atoms with Crippen molar-refractivity contribution >= 4 is 14.3 Å². The van der Waals surface area contributed by atoms with Crippen LogP contribution >= 0.6 is 0 Å². The van der Waals surface area contributed by atoms with Crippen molar-refractivity contribution in [2.24, 2.45) is 5.92 Å². The summed E-state index contributed by atoms with van der Waals surface area (Å²) in [4.78, 5) is 11.8. The van der Waals surface area contributed by atoms with Crippen LogP contribution in [0.15, 0.2) is 36.4 Å². The van der Waals surface area contributed by atoms with Crippen molar-refractivity contribution in [2.45, 2.75) is 77.4 Å². The van der Waals surface area contributed by atoms with Crippen molar-refractivity contribution < 1.29 is 23.1 Å². The third kappa shape index (κ3) is 6.23. The van der Waals surface area contributed by atoms with E-state index in [0.29, 0.717) is 24.0 Å². The third-order valence-corrected chi connectivity index (χ3v) is 12.7. The van der Waals surface area contributed by atoms with Crippen LogP contribution in [0.25, 0.3) is 0 Å². The Morgan fingerprint density at radius 1 is 0.971 bits per heavy atom. The molecular formula is C27H35F2NO3Si. The first kappa shape index (κ1) is 27.5. The fourth-order valence-corrected chi connectivity index (χ4v) is 10.3. The van der Waals surface area contributed by atoms with Gasteiger partial charge in [0.1, 0.15) is 0 Å². The molecule has 0 aliphatic carbocycles. The topological polar surface area (TPSA) is 70.3 Å². The lowest BCUT2D eigenvalue weighted by Crippen LogP contribution is -2.51. The lowest BCUT2D eigenvalue weighted by Gasteiger charge is -2.42. The highest BCUT2D eigenvalue weighted by atomic mass is 28.4. The van der Waals surface area contributed by atoms with E-state index < -0.39 is 31.8 Å². The van der Waals surface area contributed by atoms with Gasteiger partial charge in [-0.15, -0.1) is 0 Å². The van der Waals surface area contributed by atoms with E-state index in [1.807, 2.05) is 47.6 Å². The first-order valence-corrected chi connectivity index (χ1v) is 13.9. The van der Waals surface area contributed by atoms with E-state index in [4.69, 9.17) is 9.69 Å². The predicted molar refractivity (Wildman–Crippen MR) is 132 cm³/mol. The number of carbonyl (C=O) groups is 1. The number of hydrogen-bond acceptors (Lipinski definition) is 3. The maximum Gasteiger partial charge on any atom is 0.306 e. The minimum atomic E-state index is -2.55. The van der Waals surface area contributed by atoms with Crippen LogP contribution in [0.1, 0.15) is 64.7 Å². The number of carboxylic acids is 1. The van der Waals surface area contributed by atoms with Crippen molar-refractivity contribution in [1.82, 2.24) is 0 Å². The number of carboxylic acid groups (broad SMARTS) is 1. The Morgan fingerprint density at radius 2 is 1.47 bits per heavy atom. The average Bonchev–Trinajstić information content (AvgIpc) is 2.75. The monoisotopic (exact) mass is 487 g/mol. The molecule has 2 rings (SSSR count). The zero-order valence-electron chi connectivity index (χ0n) is 20.9. The van der Waals surface area contributed by atoms with Crippen molar-refractivity contribution in [3.63, 3.8) is 0 Å². The van der Waals surface area contributed by atoms with E-state index in [9.17, 15) is 9.90 Å². The summed E-state index contributed by atoms with van der Waals surface area (Å²) in [6.07, 6.45) is 0.813. The molecule has 1 unspecified atom stereocenters. The zero-order valence-corrected chi connectivity index (χ0v) is 21.9. The van der Waals surface area contributed by atoms with E-state index >= 15 is 8.78 Å². The Bertz CT molecular complexity index is 984. The molecular weight excluding hydrogens is 452 g/mol. The Kier molecular flexibility index (Phi) is 9.40. The molecule has 7 heteroatoms. The largest absolute Gasteiger partial charge is 0.539 e. The van der Waals surface area contributed by atoms with Crippen molar-refractivity contribution in [3.8, 4) is 11.8 Å². The summed E-state index contributed by atoms with van der Waals surface area (Å²) in [6, 6.07) is 11.4. The fourth-order valence-electron chi connectivity index (χ4n) is 5.04. The first-order chi connectivity index (χ1) is 15.9. The molecule has 0 fully saturated rings. The number of benzene rings is 2. The number of rotatable bonds is 11. The normalized spacial score (nSPS) is 12.8. The zero-order chi connectivity index (χ0) is 25.6. The van der Waals surface area contributed by atoms with Crippen LogP contribution in [0, 0.1) is 28.9 Å². The summed E-state index contributed by atoms with van der Waals surface area (Å²) >= 11 is 0. The highest BCUT2D eigenvalue weighted by molar-refractivity contribution is 6.78. The number of nitriles is 1. The fraction of sp³-hybridized carbons (Fsp3) is 0.481. The van der Waals surface area contributed by atoms with Crippen LogP contribution in [-0.4, -0.2) is 19.4 Å². The van der Waals surface area contributed by atoms with Crippen LogP contribution in [0.2, 0.25) is 16.6 Å². The maximum atomic E-state index is 15.1. The smallest absolute Gasteiger partial charge is 0.306 e. The molecule has 1 atom stereocenters. The number of aliphatic carboxylic acids is 1. The summed E-state index contributed by atoms with van der Waals surface area (Å²) in [6.45, 7) is 12.3. The highest BCUT2D eigenvalue weighted by Crippen LogP contribution is 2.44. The highest BCUT2D eigenvalue weighted by Gasteiger charge is 2.47. The minimum Gasteiger partial charge on any atom is -0.539 e. The quantitative estimate of drug-likeness (QED) is 0.338. The lowest BCUT2D eigenvalue weighted by atomic mass is 9.92. The van der Waals surface area contributed by atoms with Gasteiger partial charge in [0.05, 0.1) is 17.6 Å². The van der Waals surface area contributed by atoms with Gasteiger partial charge in [0.2, 0.25) is 0 Å². The van der Waals surface area contributed by atoms with E-state index in [0.717, 1.165) is 5.56 Å². The van der Waals surface area contributed by atoms with Crippen molar-refractivity contribution in [1.29, 1.82) is 5.26 Å². The molecule has 0 spiro atoms. The van der Waals surface area contributed by atoms with E-state index in [2.05, 4.69) is 0 Å². The van der Waals surface area contributed by atoms with Gasteiger partial charge in [-0.25, -0.2) is 8.78 Å². The van der Waals surface area contributed by atoms with E-state index in [1.54, 1.807) is 24.3 Å². The third-order valence-electron chi connectivity index (χ3n) is 6.74. The molecule has 1 N–H and O–H groups in total. The molecule has 0 aliphatic rings. The molecule has 34 heavy (non-hydrogen) atoms. The van der Waals surface area contributed by atoms with Crippen molar-refractivity contribution in [2.75, 3.05) is 0 Å². The Balaban J connectivity index is 2.24. The first-order valence-electron chi connectivity index (χ1n) is 11.8. The molecule has 0 amide bonds. The molecule has 2 aromatic carbocycles. The lowest BCUT2D eigenvalue weighted by molar-refractivity contribution is -0.141. The minimum absolute atomic E-state index is 0.0147. The molecule has 0 bridgehead atoms. The summed E-state index contributed by atoms with van der Waals surface area (Å²) in [5, 5.41) is 18.6.